The number of carbonyl (C=O) groups excluding carboxylic acids is 2. The molecule has 0 aliphatic heterocycles. The summed E-state index contributed by atoms with van der Waals surface area (Å²) in [5.41, 5.74) is 0. The molecular weight excluding hydrogens is 709 g/mol. The summed E-state index contributed by atoms with van der Waals surface area (Å²) in [6, 6.07) is -1.55. The number of phosphoric ester groups is 1. The first-order valence-electron chi connectivity index (χ1n) is 21.4. The number of allylic oxidation sites excluding steroid dienone is 4. The molecule has 0 aliphatic rings. The summed E-state index contributed by atoms with van der Waals surface area (Å²) in [5.74, 6) is -2.39. The molecule has 0 saturated carbocycles. The first-order chi connectivity index (χ1) is 26.1. The van der Waals surface area contributed by atoms with E-state index in [4.69, 9.17) is 13.8 Å². The van der Waals surface area contributed by atoms with Crippen LogP contribution in [0.1, 0.15) is 194 Å². The van der Waals surface area contributed by atoms with Crippen LogP contribution in [0.25, 0.3) is 0 Å². The van der Waals surface area contributed by atoms with Gasteiger partial charge in [0.25, 0.3) is 0 Å². The van der Waals surface area contributed by atoms with E-state index >= 15 is 0 Å². The lowest BCUT2D eigenvalue weighted by atomic mass is 10.0. The van der Waals surface area contributed by atoms with E-state index in [9.17, 15) is 34.1 Å². The molecule has 0 fully saturated rings. The molecule has 316 valence electrons. The third-order valence-corrected chi connectivity index (χ3v) is 10.2. The van der Waals surface area contributed by atoms with Crippen LogP contribution in [-0.2, 0) is 32.7 Å². The number of carboxylic acid groups (broad SMARTS) is 1. The van der Waals surface area contributed by atoms with E-state index in [2.05, 4.69) is 43.5 Å². The van der Waals surface area contributed by atoms with E-state index < -0.39 is 57.6 Å². The fourth-order valence-corrected chi connectivity index (χ4v) is 6.63. The summed E-state index contributed by atoms with van der Waals surface area (Å²) < 4.78 is 26.8. The van der Waals surface area contributed by atoms with Crippen LogP contribution in [0, 0.1) is 0 Å². The molecule has 0 aliphatic carbocycles. The maximum atomic E-state index is 12.3. The second kappa shape index (κ2) is 37.9. The van der Waals surface area contributed by atoms with Crippen molar-refractivity contribution in [2.24, 2.45) is 0 Å². The number of aliphatic carboxylic acids is 1. The minimum Gasteiger partial charge on any atom is -0.480 e. The van der Waals surface area contributed by atoms with Crippen molar-refractivity contribution < 1.29 is 47.8 Å². The van der Waals surface area contributed by atoms with E-state index in [0.717, 1.165) is 64.2 Å². The number of nitrogens with one attached hydrogen (secondary N) is 1. The summed E-state index contributed by atoms with van der Waals surface area (Å²) in [6.07, 6.45) is 37.7. The van der Waals surface area contributed by atoms with Gasteiger partial charge in [-0.15, -0.1) is 0 Å². The van der Waals surface area contributed by atoms with Crippen LogP contribution in [0.15, 0.2) is 24.3 Å². The Morgan fingerprint density at radius 2 is 1.04 bits per heavy atom. The van der Waals surface area contributed by atoms with Gasteiger partial charge >= 0.3 is 19.8 Å². The van der Waals surface area contributed by atoms with Crippen LogP contribution < -0.4 is 5.32 Å². The monoisotopic (exact) mass is 788 g/mol. The van der Waals surface area contributed by atoms with Crippen molar-refractivity contribution >= 4 is 25.7 Å². The maximum absolute atomic E-state index is 12.3. The van der Waals surface area contributed by atoms with E-state index in [1.54, 1.807) is 0 Å². The number of aliphatic hydroxyl groups is 1. The number of esters is 1. The largest absolute Gasteiger partial charge is 0.480 e. The van der Waals surface area contributed by atoms with Gasteiger partial charge in [-0.25, -0.2) is 9.36 Å². The van der Waals surface area contributed by atoms with Gasteiger partial charge in [-0.2, -0.15) is 0 Å². The first-order valence-corrected chi connectivity index (χ1v) is 22.9. The zero-order valence-corrected chi connectivity index (χ0v) is 34.9. The van der Waals surface area contributed by atoms with Gasteiger partial charge in [0.2, 0.25) is 5.91 Å². The van der Waals surface area contributed by atoms with E-state index in [-0.39, 0.29) is 12.8 Å². The van der Waals surface area contributed by atoms with Crippen LogP contribution in [0.3, 0.4) is 0 Å². The Balaban J connectivity index is 3.91. The standard InChI is InChI=1S/C42H78NO10P/c1-3-5-7-9-11-13-15-17-19-20-22-24-26-28-30-32-34-41(46)51-35-38(44)36-52-54(49,50)53-37-39(42(47)48)43-40(45)33-31-29-27-25-23-21-18-16-14-12-10-8-6-4-2/h10,12,16,18,38-39,44H,3-9,11,13-15,17,19-37H2,1-2H3,(H,43,45)(H,47,48)(H,49,50)/b12-10-,18-16-. The number of carbonyl (C=O) groups is 3. The Morgan fingerprint density at radius 3 is 1.56 bits per heavy atom. The van der Waals surface area contributed by atoms with Crippen molar-refractivity contribution in [3.05, 3.63) is 24.3 Å². The molecule has 0 rings (SSSR count). The van der Waals surface area contributed by atoms with E-state index in [1.165, 1.54) is 89.9 Å². The Bertz CT molecular complexity index is 1020. The number of hydrogen-bond donors (Lipinski definition) is 4. The molecule has 12 heteroatoms. The molecule has 0 saturated heterocycles. The minimum absolute atomic E-state index is 0.131. The van der Waals surface area contributed by atoms with E-state index in [0.29, 0.717) is 12.8 Å². The Labute approximate surface area is 328 Å². The van der Waals surface area contributed by atoms with Crippen LogP contribution in [0.2, 0.25) is 0 Å². The molecule has 0 aromatic heterocycles. The number of aliphatic hydroxyl groups excluding tert-OH is 1. The average molecular weight is 788 g/mol. The van der Waals surface area contributed by atoms with Crippen molar-refractivity contribution in [3.63, 3.8) is 0 Å². The van der Waals surface area contributed by atoms with Gasteiger partial charge in [-0.1, -0.05) is 167 Å². The predicted molar refractivity (Wildman–Crippen MR) is 217 cm³/mol. The lowest BCUT2D eigenvalue weighted by Crippen LogP contribution is -2.43. The molecule has 0 spiro atoms. The van der Waals surface area contributed by atoms with Crippen LogP contribution in [-0.4, -0.2) is 64.9 Å². The van der Waals surface area contributed by atoms with Crippen molar-refractivity contribution in [1.82, 2.24) is 5.32 Å². The summed E-state index contributed by atoms with van der Waals surface area (Å²) in [4.78, 5) is 45.8. The summed E-state index contributed by atoms with van der Waals surface area (Å²) in [5, 5.41) is 21.8. The van der Waals surface area contributed by atoms with Gasteiger partial charge in [0.1, 0.15) is 12.7 Å². The van der Waals surface area contributed by atoms with Crippen molar-refractivity contribution in [3.8, 4) is 0 Å². The highest BCUT2D eigenvalue weighted by Crippen LogP contribution is 2.43. The number of unbranched alkanes of at least 4 members (excludes halogenated alkanes) is 22. The quantitative estimate of drug-likeness (QED) is 0.0203. The average Bonchev–Trinajstić information content (AvgIpc) is 3.14. The predicted octanol–water partition coefficient (Wildman–Crippen LogP) is 10.7. The molecule has 0 bridgehead atoms. The first kappa shape index (κ1) is 52.0. The summed E-state index contributed by atoms with van der Waals surface area (Å²) in [7, 11) is -4.75. The smallest absolute Gasteiger partial charge is 0.472 e. The summed E-state index contributed by atoms with van der Waals surface area (Å²) >= 11 is 0. The zero-order valence-electron chi connectivity index (χ0n) is 34.0. The number of amides is 1. The van der Waals surface area contributed by atoms with Gasteiger partial charge in [0.05, 0.1) is 13.2 Å². The summed E-state index contributed by atoms with van der Waals surface area (Å²) in [6.45, 7) is 2.55. The second-order valence-electron chi connectivity index (χ2n) is 14.5. The third-order valence-electron chi connectivity index (χ3n) is 9.24. The van der Waals surface area contributed by atoms with Crippen molar-refractivity contribution in [1.29, 1.82) is 0 Å². The molecule has 0 radical (unpaired) electrons. The third kappa shape index (κ3) is 36.9. The second-order valence-corrected chi connectivity index (χ2v) is 16.0. The Morgan fingerprint density at radius 1 is 0.593 bits per heavy atom. The fourth-order valence-electron chi connectivity index (χ4n) is 5.86. The zero-order chi connectivity index (χ0) is 40.0. The minimum atomic E-state index is -4.75. The van der Waals surface area contributed by atoms with Crippen LogP contribution in [0.4, 0.5) is 0 Å². The van der Waals surface area contributed by atoms with Gasteiger partial charge in [-0.05, 0) is 38.5 Å². The SMILES string of the molecule is CCCC/C=C\C/C=C\CCCCCCCC(=O)NC(COP(=O)(O)OCC(O)COC(=O)CCCCCCCCCCCCCCCCCC)C(=O)O. The molecule has 0 heterocycles. The highest BCUT2D eigenvalue weighted by atomic mass is 31.2. The molecule has 0 aromatic rings. The number of hydrogen-bond acceptors (Lipinski definition) is 8. The van der Waals surface area contributed by atoms with Crippen molar-refractivity contribution in [2.75, 3.05) is 19.8 Å². The molecule has 3 unspecified atom stereocenters. The molecule has 3 atom stereocenters. The van der Waals surface area contributed by atoms with Gasteiger partial charge < -0.3 is 25.2 Å². The van der Waals surface area contributed by atoms with E-state index in [1.807, 2.05) is 0 Å². The van der Waals surface area contributed by atoms with Crippen molar-refractivity contribution in [2.45, 2.75) is 206 Å². The number of phosphoric acid groups is 1. The van der Waals surface area contributed by atoms with Crippen LogP contribution >= 0.6 is 7.82 Å². The molecule has 4 N–H and O–H groups in total. The lowest BCUT2D eigenvalue weighted by molar-refractivity contribution is -0.147. The highest BCUT2D eigenvalue weighted by molar-refractivity contribution is 7.47. The number of rotatable bonds is 40. The Kier molecular flexibility index (Phi) is 36.4. The molecular formula is C42H78NO10P. The molecule has 0 aromatic carbocycles. The Hall–Kier alpha value is -2.04. The number of carboxylic acids is 1. The van der Waals surface area contributed by atoms with Gasteiger partial charge in [0.15, 0.2) is 6.04 Å². The number of ether oxygens (including phenoxy) is 1. The normalized spacial score (nSPS) is 14.0. The lowest BCUT2D eigenvalue weighted by Gasteiger charge is -2.18. The van der Waals surface area contributed by atoms with Crippen LogP contribution in [0.5, 0.6) is 0 Å². The van der Waals surface area contributed by atoms with Gasteiger partial charge in [-0.3, -0.25) is 18.6 Å². The van der Waals surface area contributed by atoms with Gasteiger partial charge in [0, 0.05) is 12.8 Å². The molecule has 54 heavy (non-hydrogen) atoms. The molecule has 11 nitrogen and oxygen atoms in total. The maximum Gasteiger partial charge on any atom is 0.472 e. The molecule has 1 amide bonds. The topological polar surface area (TPSA) is 169 Å². The fraction of sp³-hybridized carbons (Fsp3) is 0.833. The highest BCUT2D eigenvalue weighted by Gasteiger charge is 2.28.